The van der Waals surface area contributed by atoms with Crippen molar-refractivity contribution < 1.29 is 39.9 Å². The first-order chi connectivity index (χ1) is 17.4. The van der Waals surface area contributed by atoms with E-state index < -0.39 is 36.3 Å². The summed E-state index contributed by atoms with van der Waals surface area (Å²) in [4.78, 5) is 30.6. The third kappa shape index (κ3) is 34.7. The lowest BCUT2D eigenvalue weighted by Gasteiger charge is -2.04. The van der Waals surface area contributed by atoms with Gasteiger partial charge in [0, 0.05) is 5.57 Å². The average molecular weight is 571 g/mol. The van der Waals surface area contributed by atoms with Crippen LogP contribution in [0.4, 0.5) is 0 Å². The van der Waals surface area contributed by atoms with Gasteiger partial charge in [0.2, 0.25) is 0 Å². The standard InChI is InChI=1S/C15H28O4.2C5H11NO2S/c1-13(15(18)19)11-9-7-5-3-2-4-6-8-10-12-14(16)17;2*1-9-3-2-4(6)5(7)8/h14,16-17H,1-12H2,(H,18,19);2*4H,2-3,6H2,1H3,(H,7,8)/t;2*4-/m.00/s1. The maximum Gasteiger partial charge on any atom is 0.330 e. The van der Waals surface area contributed by atoms with Crippen molar-refractivity contribution in [1.82, 2.24) is 0 Å². The summed E-state index contributed by atoms with van der Waals surface area (Å²) in [6, 6.07) is -1.37. The molecular formula is C25H50N2O8S2. The lowest BCUT2D eigenvalue weighted by Crippen LogP contribution is -2.30. The van der Waals surface area contributed by atoms with Crippen LogP contribution in [0.2, 0.25) is 0 Å². The van der Waals surface area contributed by atoms with Crippen molar-refractivity contribution in [1.29, 1.82) is 0 Å². The van der Waals surface area contributed by atoms with Gasteiger partial charge >= 0.3 is 17.9 Å². The van der Waals surface area contributed by atoms with Crippen molar-refractivity contribution in [2.45, 2.75) is 102 Å². The van der Waals surface area contributed by atoms with E-state index in [1.807, 2.05) is 12.5 Å². The Morgan fingerprint density at radius 3 is 1.32 bits per heavy atom. The van der Waals surface area contributed by atoms with Crippen LogP contribution in [0, 0.1) is 0 Å². The van der Waals surface area contributed by atoms with Gasteiger partial charge in [0.05, 0.1) is 0 Å². The summed E-state index contributed by atoms with van der Waals surface area (Å²) in [5.74, 6) is -1.08. The predicted molar refractivity (Wildman–Crippen MR) is 153 cm³/mol. The molecular weight excluding hydrogens is 520 g/mol. The molecule has 0 amide bonds. The molecule has 220 valence electrons. The number of unbranched alkanes of at least 4 members (excludes halogenated alkanes) is 8. The highest BCUT2D eigenvalue weighted by Gasteiger charge is 2.09. The minimum atomic E-state index is -1.15. The number of carbonyl (C=O) groups is 3. The maximum atomic E-state index is 10.5. The quantitative estimate of drug-likeness (QED) is 0.0601. The number of aliphatic hydroxyl groups is 2. The molecule has 2 atom stereocenters. The van der Waals surface area contributed by atoms with Crippen molar-refractivity contribution >= 4 is 41.4 Å². The number of aliphatic hydroxyl groups excluding tert-OH is 1. The Labute approximate surface area is 230 Å². The topological polar surface area (TPSA) is 204 Å². The molecule has 0 unspecified atom stereocenters. The first-order valence-electron chi connectivity index (χ1n) is 12.6. The van der Waals surface area contributed by atoms with E-state index in [4.69, 9.17) is 37.0 Å². The maximum absolute atomic E-state index is 10.5. The normalized spacial score (nSPS) is 12.0. The third-order valence-electron chi connectivity index (χ3n) is 5.14. The van der Waals surface area contributed by atoms with E-state index in [0.717, 1.165) is 50.0 Å². The van der Waals surface area contributed by atoms with Crippen molar-refractivity contribution in [3.8, 4) is 0 Å². The van der Waals surface area contributed by atoms with Crippen molar-refractivity contribution in [2.24, 2.45) is 11.5 Å². The third-order valence-corrected chi connectivity index (χ3v) is 6.43. The Hall–Kier alpha value is -1.31. The van der Waals surface area contributed by atoms with Crippen LogP contribution in [0.1, 0.15) is 83.5 Å². The molecule has 0 aromatic carbocycles. The molecule has 0 fully saturated rings. The van der Waals surface area contributed by atoms with Crippen molar-refractivity contribution in [2.75, 3.05) is 24.0 Å². The molecule has 0 aliphatic heterocycles. The fourth-order valence-corrected chi connectivity index (χ4v) is 3.73. The molecule has 0 aromatic heterocycles. The van der Waals surface area contributed by atoms with Crippen LogP contribution in [0.25, 0.3) is 0 Å². The van der Waals surface area contributed by atoms with Gasteiger partial charge in [-0.2, -0.15) is 23.5 Å². The summed E-state index contributed by atoms with van der Waals surface area (Å²) in [6.07, 6.45) is 14.7. The highest BCUT2D eigenvalue weighted by Crippen LogP contribution is 2.13. The van der Waals surface area contributed by atoms with Gasteiger partial charge in [0.15, 0.2) is 6.29 Å². The Morgan fingerprint density at radius 1 is 0.676 bits per heavy atom. The van der Waals surface area contributed by atoms with Gasteiger partial charge in [-0.25, -0.2) is 4.79 Å². The van der Waals surface area contributed by atoms with Gasteiger partial charge in [0.25, 0.3) is 0 Å². The average Bonchev–Trinajstić information content (AvgIpc) is 2.84. The summed E-state index contributed by atoms with van der Waals surface area (Å²) in [5.41, 5.74) is 10.7. The van der Waals surface area contributed by atoms with Gasteiger partial charge in [-0.1, -0.05) is 51.5 Å². The SMILES string of the molecule is C=C(CCCCCCCCCCCC(O)O)C(=O)O.CSCC[C@H](N)C(=O)O.CSCC[C@H](N)C(=O)O. The van der Waals surface area contributed by atoms with E-state index in [1.54, 1.807) is 23.5 Å². The van der Waals surface area contributed by atoms with E-state index in [9.17, 15) is 14.4 Å². The zero-order chi connectivity index (χ0) is 29.1. The molecule has 0 aromatic rings. The summed E-state index contributed by atoms with van der Waals surface area (Å²) in [6.45, 7) is 3.51. The number of hydrogen-bond donors (Lipinski definition) is 7. The Bertz CT molecular complexity index is 571. The second kappa shape index (κ2) is 29.2. The van der Waals surface area contributed by atoms with Crippen LogP contribution in [0.15, 0.2) is 12.2 Å². The monoisotopic (exact) mass is 570 g/mol. The Balaban J connectivity index is -0.000000534. The van der Waals surface area contributed by atoms with E-state index >= 15 is 0 Å². The summed E-state index contributed by atoms with van der Waals surface area (Å²) >= 11 is 3.21. The van der Waals surface area contributed by atoms with Crippen molar-refractivity contribution in [3.05, 3.63) is 12.2 Å². The second-order valence-electron chi connectivity index (χ2n) is 8.56. The van der Waals surface area contributed by atoms with Crippen LogP contribution >= 0.6 is 23.5 Å². The number of aliphatic carboxylic acids is 3. The van der Waals surface area contributed by atoms with Gasteiger partial charge in [-0.3, -0.25) is 9.59 Å². The first kappa shape index (κ1) is 40.2. The van der Waals surface area contributed by atoms with E-state index in [0.29, 0.717) is 31.3 Å². The van der Waals surface area contributed by atoms with Crippen LogP contribution < -0.4 is 11.5 Å². The highest BCUT2D eigenvalue weighted by atomic mass is 32.2. The largest absolute Gasteiger partial charge is 0.480 e. The fourth-order valence-electron chi connectivity index (χ4n) is 2.75. The van der Waals surface area contributed by atoms with Gasteiger partial charge < -0.3 is 37.0 Å². The minimum absolute atomic E-state index is 0.311. The number of hydrogen-bond acceptors (Lipinski definition) is 9. The molecule has 9 N–H and O–H groups in total. The molecule has 0 bridgehead atoms. The molecule has 0 saturated carbocycles. The molecule has 0 radical (unpaired) electrons. The molecule has 0 heterocycles. The number of rotatable bonds is 21. The highest BCUT2D eigenvalue weighted by molar-refractivity contribution is 7.98. The summed E-state index contributed by atoms with van der Waals surface area (Å²) in [7, 11) is 0. The molecule has 12 heteroatoms. The molecule has 0 spiro atoms. The molecule has 0 aliphatic rings. The lowest BCUT2D eigenvalue weighted by atomic mass is 10.0. The van der Waals surface area contributed by atoms with Gasteiger partial charge in [0.1, 0.15) is 12.1 Å². The number of carboxylic acids is 3. The number of thioether (sulfide) groups is 2. The second-order valence-corrected chi connectivity index (χ2v) is 10.5. The van der Waals surface area contributed by atoms with Gasteiger partial charge in [-0.15, -0.1) is 0 Å². The van der Waals surface area contributed by atoms with E-state index in [2.05, 4.69) is 6.58 Å². The zero-order valence-corrected chi connectivity index (χ0v) is 24.1. The van der Waals surface area contributed by atoms with Crippen LogP contribution in [-0.4, -0.2) is 85.8 Å². The summed E-state index contributed by atoms with van der Waals surface area (Å²) in [5, 5.41) is 42.5. The zero-order valence-electron chi connectivity index (χ0n) is 22.5. The molecule has 0 aliphatic carbocycles. The van der Waals surface area contributed by atoms with Crippen LogP contribution in [0.3, 0.4) is 0 Å². The molecule has 0 rings (SSSR count). The number of carboxylic acid groups (broad SMARTS) is 3. The lowest BCUT2D eigenvalue weighted by molar-refractivity contribution is -0.139. The molecule has 0 saturated heterocycles. The van der Waals surface area contributed by atoms with Crippen LogP contribution in [-0.2, 0) is 14.4 Å². The minimum Gasteiger partial charge on any atom is -0.480 e. The van der Waals surface area contributed by atoms with E-state index in [1.165, 1.54) is 19.3 Å². The van der Waals surface area contributed by atoms with E-state index in [-0.39, 0.29) is 0 Å². The molecule has 37 heavy (non-hydrogen) atoms. The smallest absolute Gasteiger partial charge is 0.330 e. The van der Waals surface area contributed by atoms with Crippen molar-refractivity contribution in [3.63, 3.8) is 0 Å². The van der Waals surface area contributed by atoms with Gasteiger partial charge in [-0.05, 0) is 62.5 Å². The number of nitrogens with two attached hydrogens (primary N) is 2. The Kier molecular flexibility index (Phi) is 31.8. The first-order valence-corrected chi connectivity index (χ1v) is 15.4. The molecule has 10 nitrogen and oxygen atoms in total. The fraction of sp³-hybridized carbons (Fsp3) is 0.800. The predicted octanol–water partition coefficient (Wildman–Crippen LogP) is 3.53. The Morgan fingerprint density at radius 2 is 1.03 bits per heavy atom. The van der Waals surface area contributed by atoms with Crippen LogP contribution in [0.5, 0.6) is 0 Å². The summed E-state index contributed by atoms with van der Waals surface area (Å²) < 4.78 is 0.